The Balaban J connectivity index is 2.84. The molecule has 1 rings (SSSR count). The number of methoxy groups -OCH3 is 1. The highest BCUT2D eigenvalue weighted by Crippen LogP contribution is 2.26. The van der Waals surface area contributed by atoms with Crippen molar-refractivity contribution in [2.75, 3.05) is 39.1 Å². The zero-order valence-corrected chi connectivity index (χ0v) is 14.6. The maximum atomic E-state index is 12.5. The van der Waals surface area contributed by atoms with Gasteiger partial charge in [-0.2, -0.15) is 13.2 Å². The molecule has 0 bridgehead atoms. The van der Waals surface area contributed by atoms with E-state index in [0.29, 0.717) is 0 Å². The van der Waals surface area contributed by atoms with Crippen LogP contribution in [0.25, 0.3) is 0 Å². The Labute approximate surface area is 143 Å². The van der Waals surface area contributed by atoms with Gasteiger partial charge in [-0.25, -0.2) is 8.42 Å². The van der Waals surface area contributed by atoms with Crippen molar-refractivity contribution in [2.24, 2.45) is 0 Å². The Morgan fingerprint density at radius 3 is 2.43 bits per heavy atom. The fourth-order valence-corrected chi connectivity index (χ4v) is 3.92. The summed E-state index contributed by atoms with van der Waals surface area (Å²) in [6.45, 7) is -1.48. The average molecular weight is 394 g/mol. The molecule has 0 aliphatic heterocycles. The van der Waals surface area contributed by atoms with Crippen molar-refractivity contribution in [3.63, 3.8) is 0 Å². The number of sulfone groups is 1. The monoisotopic (exact) mass is 393 g/mol. The molecule has 0 saturated carbocycles. The fourth-order valence-electron chi connectivity index (χ4n) is 1.82. The highest BCUT2D eigenvalue weighted by atomic mass is 35.5. The van der Waals surface area contributed by atoms with Gasteiger partial charge in [0.25, 0.3) is 0 Å². The zero-order valence-electron chi connectivity index (χ0n) is 12.2. The van der Waals surface area contributed by atoms with Crippen LogP contribution >= 0.6 is 23.2 Å². The molecule has 1 aromatic rings. The van der Waals surface area contributed by atoms with Crippen molar-refractivity contribution in [1.82, 2.24) is 4.90 Å². The number of hydrogen-bond donors (Lipinski definition) is 0. The lowest BCUT2D eigenvalue weighted by molar-refractivity contribution is -0.146. The molecule has 0 atom stereocenters. The van der Waals surface area contributed by atoms with Gasteiger partial charge < -0.3 is 4.74 Å². The van der Waals surface area contributed by atoms with Gasteiger partial charge in [-0.1, -0.05) is 23.2 Å². The Bertz CT molecular complexity index is 623. The number of rotatable bonds is 8. The van der Waals surface area contributed by atoms with Crippen LogP contribution in [0.5, 0.6) is 0 Å². The number of nitrogens with zero attached hydrogens (tertiary/aromatic N) is 1. The minimum Gasteiger partial charge on any atom is -0.383 e. The maximum Gasteiger partial charge on any atom is 0.401 e. The quantitative estimate of drug-likeness (QED) is 0.679. The van der Waals surface area contributed by atoms with Crippen LogP contribution in [0.4, 0.5) is 13.2 Å². The highest BCUT2D eigenvalue weighted by Gasteiger charge is 2.31. The standard InChI is InChI=1S/C13H16Cl2F3NO3S/c1-22-6-4-19(9-13(16,17)18)5-7-23(20,21)12-8-10(14)2-3-11(12)15/h2-3,8H,4-7,9H2,1H3. The molecule has 0 heterocycles. The minimum absolute atomic E-state index is 0.0198. The summed E-state index contributed by atoms with van der Waals surface area (Å²) in [7, 11) is -2.50. The summed E-state index contributed by atoms with van der Waals surface area (Å²) in [4.78, 5) is 0.782. The Kier molecular flexibility index (Phi) is 7.60. The largest absolute Gasteiger partial charge is 0.401 e. The van der Waals surface area contributed by atoms with Gasteiger partial charge in [0.1, 0.15) is 0 Å². The summed E-state index contributed by atoms with van der Waals surface area (Å²) < 4.78 is 66.8. The topological polar surface area (TPSA) is 46.6 Å². The van der Waals surface area contributed by atoms with E-state index in [1.54, 1.807) is 0 Å². The molecule has 0 aliphatic carbocycles. The van der Waals surface area contributed by atoms with E-state index in [1.165, 1.54) is 25.3 Å². The first-order chi connectivity index (χ1) is 10.5. The summed E-state index contributed by atoms with van der Waals surface area (Å²) >= 11 is 11.6. The molecular formula is C13H16Cl2F3NO3S. The molecule has 0 saturated heterocycles. The van der Waals surface area contributed by atoms with Crippen molar-refractivity contribution in [2.45, 2.75) is 11.1 Å². The summed E-state index contributed by atoms with van der Waals surface area (Å²) in [6, 6.07) is 3.94. The van der Waals surface area contributed by atoms with Crippen LogP contribution in [-0.4, -0.2) is 58.6 Å². The van der Waals surface area contributed by atoms with Crippen LogP contribution < -0.4 is 0 Å². The molecule has 0 aromatic heterocycles. The normalized spacial score (nSPS) is 12.8. The van der Waals surface area contributed by atoms with Gasteiger partial charge in [0, 0.05) is 25.2 Å². The minimum atomic E-state index is -4.43. The van der Waals surface area contributed by atoms with E-state index in [9.17, 15) is 21.6 Å². The average Bonchev–Trinajstić information content (AvgIpc) is 2.43. The second-order valence-electron chi connectivity index (χ2n) is 4.78. The number of hydrogen-bond acceptors (Lipinski definition) is 4. The van der Waals surface area contributed by atoms with Crippen LogP contribution in [0.15, 0.2) is 23.1 Å². The molecule has 0 spiro atoms. The fraction of sp³-hybridized carbons (Fsp3) is 0.538. The zero-order chi connectivity index (χ0) is 17.7. The van der Waals surface area contributed by atoms with Gasteiger partial charge in [0.15, 0.2) is 9.84 Å². The van der Waals surface area contributed by atoms with Crippen molar-refractivity contribution >= 4 is 33.0 Å². The first kappa shape index (κ1) is 20.5. The van der Waals surface area contributed by atoms with Crippen LogP contribution in [0.2, 0.25) is 10.0 Å². The number of ether oxygens (including phenoxy) is 1. The SMILES string of the molecule is COCCN(CCS(=O)(=O)c1cc(Cl)ccc1Cl)CC(F)(F)F. The molecule has 132 valence electrons. The predicted molar refractivity (Wildman–Crippen MR) is 82.9 cm³/mol. The molecule has 0 radical (unpaired) electrons. The second-order valence-corrected chi connectivity index (χ2v) is 7.70. The lowest BCUT2D eigenvalue weighted by Gasteiger charge is -2.23. The van der Waals surface area contributed by atoms with Crippen LogP contribution in [0.1, 0.15) is 0 Å². The number of benzene rings is 1. The van der Waals surface area contributed by atoms with E-state index in [-0.39, 0.29) is 34.6 Å². The maximum absolute atomic E-state index is 12.5. The van der Waals surface area contributed by atoms with Gasteiger partial charge in [-0.15, -0.1) is 0 Å². The van der Waals surface area contributed by atoms with E-state index in [1.807, 2.05) is 0 Å². The second kappa shape index (κ2) is 8.53. The van der Waals surface area contributed by atoms with Crippen LogP contribution in [0.3, 0.4) is 0 Å². The summed E-state index contributed by atoms with van der Waals surface area (Å²) in [5, 5.41) is 0.160. The highest BCUT2D eigenvalue weighted by molar-refractivity contribution is 7.91. The molecule has 0 amide bonds. The third-order valence-electron chi connectivity index (χ3n) is 2.92. The molecule has 0 N–H and O–H groups in total. The van der Waals surface area contributed by atoms with Gasteiger partial charge in [-0.3, -0.25) is 4.90 Å². The first-order valence-corrected chi connectivity index (χ1v) is 8.92. The van der Waals surface area contributed by atoms with Gasteiger partial charge in [0.2, 0.25) is 0 Å². The molecule has 0 unspecified atom stereocenters. The van der Waals surface area contributed by atoms with E-state index < -0.39 is 28.3 Å². The van der Waals surface area contributed by atoms with Gasteiger partial charge >= 0.3 is 6.18 Å². The lowest BCUT2D eigenvalue weighted by Crippen LogP contribution is -2.39. The van der Waals surface area contributed by atoms with Crippen molar-refractivity contribution in [3.8, 4) is 0 Å². The van der Waals surface area contributed by atoms with E-state index in [4.69, 9.17) is 27.9 Å². The molecule has 23 heavy (non-hydrogen) atoms. The van der Waals surface area contributed by atoms with Gasteiger partial charge in [-0.05, 0) is 18.2 Å². The first-order valence-electron chi connectivity index (χ1n) is 6.51. The summed E-state index contributed by atoms with van der Waals surface area (Å²) in [6.07, 6.45) is -4.43. The predicted octanol–water partition coefficient (Wildman–Crippen LogP) is 3.28. The third-order valence-corrected chi connectivity index (χ3v) is 5.32. The van der Waals surface area contributed by atoms with Crippen molar-refractivity contribution in [1.29, 1.82) is 0 Å². The van der Waals surface area contributed by atoms with E-state index in [2.05, 4.69) is 0 Å². The van der Waals surface area contributed by atoms with Crippen LogP contribution in [0, 0.1) is 0 Å². The molecule has 1 aromatic carbocycles. The van der Waals surface area contributed by atoms with E-state index in [0.717, 1.165) is 4.90 Å². The lowest BCUT2D eigenvalue weighted by atomic mass is 10.4. The molecular weight excluding hydrogens is 378 g/mol. The summed E-state index contributed by atoms with van der Waals surface area (Å²) in [5.74, 6) is -0.507. The smallest absolute Gasteiger partial charge is 0.383 e. The molecule has 4 nitrogen and oxygen atoms in total. The van der Waals surface area contributed by atoms with Crippen molar-refractivity contribution < 1.29 is 26.3 Å². The third kappa shape index (κ3) is 7.26. The molecule has 10 heteroatoms. The molecule has 0 fully saturated rings. The number of alkyl halides is 3. The van der Waals surface area contributed by atoms with Gasteiger partial charge in [0.05, 0.1) is 28.8 Å². The Morgan fingerprint density at radius 1 is 1.22 bits per heavy atom. The van der Waals surface area contributed by atoms with E-state index >= 15 is 0 Å². The Hall–Kier alpha value is -0.540. The summed E-state index contributed by atoms with van der Waals surface area (Å²) in [5.41, 5.74) is 0. The van der Waals surface area contributed by atoms with Crippen LogP contribution in [-0.2, 0) is 14.6 Å². The Morgan fingerprint density at radius 2 is 1.87 bits per heavy atom. The van der Waals surface area contributed by atoms with Crippen molar-refractivity contribution in [3.05, 3.63) is 28.2 Å². The molecule has 0 aliphatic rings. The number of halogens is 5.